The van der Waals surface area contributed by atoms with E-state index in [1.54, 1.807) is 0 Å². The highest BCUT2D eigenvalue weighted by molar-refractivity contribution is 4.92. The van der Waals surface area contributed by atoms with Gasteiger partial charge in [-0.25, -0.2) is 0 Å². The maximum Gasteiger partial charge on any atom is 0.000471 e. The normalized spacial score (nSPS) is 23.2. The standard InChI is InChI=1S/C7H15N/c1-3-7(4-5-7)6-8-2/h8H,3-6H2,1-2H3. The zero-order chi connectivity index (χ0) is 6.04. The Hall–Kier alpha value is -0.0400. The molecule has 1 aliphatic rings. The topological polar surface area (TPSA) is 12.0 Å². The lowest BCUT2D eigenvalue weighted by atomic mass is 10.1. The van der Waals surface area contributed by atoms with Gasteiger partial charge in [0.05, 0.1) is 0 Å². The fourth-order valence-electron chi connectivity index (χ4n) is 1.21. The molecule has 0 saturated heterocycles. The van der Waals surface area contributed by atoms with Crippen LogP contribution in [-0.2, 0) is 0 Å². The fourth-order valence-corrected chi connectivity index (χ4v) is 1.21. The molecule has 0 aromatic rings. The van der Waals surface area contributed by atoms with Crippen molar-refractivity contribution < 1.29 is 0 Å². The molecule has 1 fully saturated rings. The monoisotopic (exact) mass is 113 g/mol. The van der Waals surface area contributed by atoms with E-state index in [0.717, 1.165) is 5.41 Å². The Balaban J connectivity index is 2.20. The quantitative estimate of drug-likeness (QED) is 0.583. The smallest absolute Gasteiger partial charge is 0.000471 e. The molecule has 48 valence electrons. The Morgan fingerprint density at radius 1 is 1.50 bits per heavy atom. The molecule has 0 bridgehead atoms. The van der Waals surface area contributed by atoms with E-state index in [0.29, 0.717) is 0 Å². The third-order valence-corrected chi connectivity index (χ3v) is 2.26. The zero-order valence-corrected chi connectivity index (χ0v) is 5.83. The second-order valence-electron chi connectivity index (χ2n) is 2.88. The summed E-state index contributed by atoms with van der Waals surface area (Å²) in [5, 5.41) is 3.22. The van der Waals surface area contributed by atoms with E-state index in [4.69, 9.17) is 0 Å². The Kier molecular flexibility index (Phi) is 1.57. The van der Waals surface area contributed by atoms with Crippen molar-refractivity contribution in [2.75, 3.05) is 13.6 Å². The van der Waals surface area contributed by atoms with Crippen LogP contribution in [0.2, 0.25) is 0 Å². The van der Waals surface area contributed by atoms with Gasteiger partial charge in [-0.3, -0.25) is 0 Å². The molecule has 0 amide bonds. The lowest BCUT2D eigenvalue weighted by Crippen LogP contribution is -2.18. The molecule has 1 heteroatoms. The Morgan fingerprint density at radius 3 is 2.25 bits per heavy atom. The number of hydrogen-bond acceptors (Lipinski definition) is 1. The van der Waals surface area contributed by atoms with Crippen molar-refractivity contribution in [3.05, 3.63) is 0 Å². The van der Waals surface area contributed by atoms with Gasteiger partial charge >= 0.3 is 0 Å². The molecule has 1 rings (SSSR count). The van der Waals surface area contributed by atoms with E-state index in [2.05, 4.69) is 12.2 Å². The third kappa shape index (κ3) is 1.03. The highest BCUT2D eigenvalue weighted by Crippen LogP contribution is 2.47. The molecule has 8 heavy (non-hydrogen) atoms. The first-order chi connectivity index (χ1) is 3.83. The van der Waals surface area contributed by atoms with E-state index in [1.807, 2.05) is 7.05 Å². The average molecular weight is 113 g/mol. The second kappa shape index (κ2) is 2.06. The van der Waals surface area contributed by atoms with Gasteiger partial charge in [-0.05, 0) is 31.7 Å². The molecule has 1 aliphatic carbocycles. The van der Waals surface area contributed by atoms with Gasteiger partial charge in [-0.2, -0.15) is 0 Å². The van der Waals surface area contributed by atoms with Gasteiger partial charge in [-0.1, -0.05) is 6.92 Å². The first-order valence-corrected chi connectivity index (χ1v) is 3.47. The van der Waals surface area contributed by atoms with Crippen LogP contribution in [0.3, 0.4) is 0 Å². The Bertz CT molecular complexity index is 74.5. The van der Waals surface area contributed by atoms with Crippen LogP contribution in [0.5, 0.6) is 0 Å². The summed E-state index contributed by atoms with van der Waals surface area (Å²) in [7, 11) is 2.04. The maximum absolute atomic E-state index is 3.22. The Morgan fingerprint density at radius 2 is 2.12 bits per heavy atom. The van der Waals surface area contributed by atoms with E-state index in [-0.39, 0.29) is 0 Å². The maximum atomic E-state index is 3.22. The molecule has 1 nitrogen and oxygen atoms in total. The first-order valence-electron chi connectivity index (χ1n) is 3.47. The molecule has 0 radical (unpaired) electrons. The van der Waals surface area contributed by atoms with E-state index in [1.165, 1.54) is 25.8 Å². The minimum atomic E-state index is 0.731. The highest BCUT2D eigenvalue weighted by atomic mass is 14.8. The van der Waals surface area contributed by atoms with Crippen molar-refractivity contribution in [3.8, 4) is 0 Å². The van der Waals surface area contributed by atoms with E-state index in [9.17, 15) is 0 Å². The molecule has 0 unspecified atom stereocenters. The van der Waals surface area contributed by atoms with Crippen LogP contribution in [0.1, 0.15) is 26.2 Å². The summed E-state index contributed by atoms with van der Waals surface area (Å²) in [6.45, 7) is 3.51. The summed E-state index contributed by atoms with van der Waals surface area (Å²) in [4.78, 5) is 0. The molecule has 0 aromatic heterocycles. The van der Waals surface area contributed by atoms with Crippen LogP contribution in [0.4, 0.5) is 0 Å². The zero-order valence-electron chi connectivity index (χ0n) is 5.83. The number of hydrogen-bond donors (Lipinski definition) is 1. The summed E-state index contributed by atoms with van der Waals surface area (Å²) in [6, 6.07) is 0. The van der Waals surface area contributed by atoms with Gasteiger partial charge in [-0.15, -0.1) is 0 Å². The summed E-state index contributed by atoms with van der Waals surface area (Å²) in [5.74, 6) is 0. The van der Waals surface area contributed by atoms with Crippen LogP contribution < -0.4 is 5.32 Å². The Labute approximate surface area is 51.5 Å². The van der Waals surface area contributed by atoms with E-state index >= 15 is 0 Å². The van der Waals surface area contributed by atoms with Crippen LogP contribution in [0, 0.1) is 5.41 Å². The summed E-state index contributed by atoms with van der Waals surface area (Å²) < 4.78 is 0. The van der Waals surface area contributed by atoms with Gasteiger partial charge in [0.2, 0.25) is 0 Å². The third-order valence-electron chi connectivity index (χ3n) is 2.26. The lowest BCUT2D eigenvalue weighted by molar-refractivity contribution is 0.465. The first kappa shape index (κ1) is 6.09. The van der Waals surface area contributed by atoms with Crippen LogP contribution >= 0.6 is 0 Å². The van der Waals surface area contributed by atoms with Crippen molar-refractivity contribution in [1.82, 2.24) is 5.32 Å². The van der Waals surface area contributed by atoms with E-state index < -0.39 is 0 Å². The molecule has 1 N–H and O–H groups in total. The second-order valence-corrected chi connectivity index (χ2v) is 2.88. The van der Waals surface area contributed by atoms with Crippen LogP contribution in [0.25, 0.3) is 0 Å². The van der Waals surface area contributed by atoms with Gasteiger partial charge in [0.15, 0.2) is 0 Å². The summed E-state index contributed by atoms with van der Waals surface area (Å²) in [5.41, 5.74) is 0.731. The summed E-state index contributed by atoms with van der Waals surface area (Å²) in [6.07, 6.45) is 4.25. The number of nitrogens with one attached hydrogen (secondary N) is 1. The molecule has 0 spiro atoms. The molecule has 0 atom stereocenters. The van der Waals surface area contributed by atoms with Gasteiger partial charge in [0.1, 0.15) is 0 Å². The van der Waals surface area contributed by atoms with Crippen LogP contribution in [0.15, 0.2) is 0 Å². The minimum Gasteiger partial charge on any atom is -0.319 e. The minimum absolute atomic E-state index is 0.731. The van der Waals surface area contributed by atoms with Crippen molar-refractivity contribution in [1.29, 1.82) is 0 Å². The predicted octanol–water partition coefficient (Wildman–Crippen LogP) is 1.40. The fraction of sp³-hybridized carbons (Fsp3) is 1.00. The largest absolute Gasteiger partial charge is 0.319 e. The van der Waals surface area contributed by atoms with Crippen molar-refractivity contribution in [3.63, 3.8) is 0 Å². The van der Waals surface area contributed by atoms with Crippen molar-refractivity contribution in [2.45, 2.75) is 26.2 Å². The van der Waals surface area contributed by atoms with Crippen molar-refractivity contribution >= 4 is 0 Å². The molecule has 0 aromatic carbocycles. The predicted molar refractivity (Wildman–Crippen MR) is 35.9 cm³/mol. The van der Waals surface area contributed by atoms with Gasteiger partial charge in [0, 0.05) is 6.54 Å². The van der Waals surface area contributed by atoms with Gasteiger partial charge < -0.3 is 5.32 Å². The average Bonchev–Trinajstić information content (AvgIpc) is 2.50. The highest BCUT2D eigenvalue weighted by Gasteiger charge is 2.39. The molecular weight excluding hydrogens is 98.1 g/mol. The molecular formula is C7H15N. The van der Waals surface area contributed by atoms with Gasteiger partial charge in [0.25, 0.3) is 0 Å². The van der Waals surface area contributed by atoms with Crippen molar-refractivity contribution in [2.24, 2.45) is 5.41 Å². The molecule has 1 saturated carbocycles. The molecule has 0 aliphatic heterocycles. The lowest BCUT2D eigenvalue weighted by Gasteiger charge is -2.09. The van der Waals surface area contributed by atoms with Crippen LogP contribution in [-0.4, -0.2) is 13.6 Å². The SMILES string of the molecule is CCC1(CNC)CC1. The summed E-state index contributed by atoms with van der Waals surface area (Å²) >= 11 is 0. The molecule has 0 heterocycles. The number of rotatable bonds is 3.